The third-order valence-corrected chi connectivity index (χ3v) is 5.93. The zero-order valence-corrected chi connectivity index (χ0v) is 11.4. The van der Waals surface area contributed by atoms with Gasteiger partial charge in [-0.2, -0.15) is 0 Å². The van der Waals surface area contributed by atoms with Gasteiger partial charge >= 0.3 is 0 Å². The summed E-state index contributed by atoms with van der Waals surface area (Å²) in [6, 6.07) is 2.20. The van der Waals surface area contributed by atoms with E-state index in [1.165, 1.54) is 5.30 Å². The summed E-state index contributed by atoms with van der Waals surface area (Å²) < 4.78 is 16.1. The summed E-state index contributed by atoms with van der Waals surface area (Å²) in [5.74, 6) is 0. The average molecular weight is 269 g/mol. The molecule has 2 aliphatic rings. The molecule has 2 aliphatic heterocycles. The highest BCUT2D eigenvalue weighted by Crippen LogP contribution is 2.43. The first kappa shape index (κ1) is 12.6. The Bertz CT molecular complexity index is 330. The molecule has 0 unspecified atom stereocenters. The van der Waals surface area contributed by atoms with Crippen LogP contribution in [-0.4, -0.2) is 66.9 Å². The minimum atomic E-state index is -0.380. The summed E-state index contributed by atoms with van der Waals surface area (Å²) >= 11 is 0. The molecule has 0 aromatic carbocycles. The number of nitrogens with one attached hydrogen (secondary N) is 1. The summed E-state index contributed by atoms with van der Waals surface area (Å²) in [5, 5.41) is 1.41. The number of ether oxygens (including phenoxy) is 2. The quantitative estimate of drug-likeness (QED) is 0.817. The van der Waals surface area contributed by atoms with Gasteiger partial charge in [0, 0.05) is 43.9 Å². The Labute approximate surface area is 109 Å². The van der Waals surface area contributed by atoms with E-state index in [9.17, 15) is 0 Å². The van der Waals surface area contributed by atoms with Crippen molar-refractivity contribution in [2.24, 2.45) is 0 Å². The van der Waals surface area contributed by atoms with E-state index >= 15 is 0 Å². The second kappa shape index (κ2) is 6.13. The van der Waals surface area contributed by atoms with Crippen molar-refractivity contribution < 1.29 is 9.47 Å². The van der Waals surface area contributed by atoms with Gasteiger partial charge in [-0.1, -0.05) is 0 Å². The molecule has 0 radical (unpaired) electrons. The Hall–Kier alpha value is -0.450. The van der Waals surface area contributed by atoms with E-state index in [-0.39, 0.29) is 8.22 Å². The van der Waals surface area contributed by atoms with Gasteiger partial charge in [0.25, 0.3) is 0 Å². The highest BCUT2D eigenvalue weighted by Gasteiger charge is 2.29. The van der Waals surface area contributed by atoms with Crippen molar-refractivity contribution >= 4 is 13.5 Å². The monoisotopic (exact) mass is 269 g/mol. The van der Waals surface area contributed by atoms with Crippen molar-refractivity contribution in [3.63, 3.8) is 0 Å². The first-order chi connectivity index (χ1) is 8.95. The van der Waals surface area contributed by atoms with Gasteiger partial charge in [0.15, 0.2) is 0 Å². The lowest BCUT2D eigenvalue weighted by molar-refractivity contribution is 0.0594. The molecule has 2 fully saturated rings. The summed E-state index contributed by atoms with van der Waals surface area (Å²) in [4.78, 5) is 3.19. The first-order valence-corrected chi connectivity index (χ1v) is 7.78. The lowest BCUT2D eigenvalue weighted by atomic mass is 10.5. The number of H-pyrrole nitrogens is 1. The van der Waals surface area contributed by atoms with E-state index in [1.807, 2.05) is 6.20 Å². The molecule has 1 aromatic rings. The number of rotatable bonds is 3. The molecule has 0 bridgehead atoms. The molecule has 0 aliphatic carbocycles. The van der Waals surface area contributed by atoms with Crippen molar-refractivity contribution in [1.82, 2.24) is 14.3 Å². The number of hydrogen-bond donors (Lipinski definition) is 1. The van der Waals surface area contributed by atoms with Crippen LogP contribution in [0, 0.1) is 0 Å². The number of hydrogen-bond acceptors (Lipinski definition) is 4. The molecule has 3 rings (SSSR count). The summed E-state index contributed by atoms with van der Waals surface area (Å²) in [6.45, 7) is 7.56. The van der Waals surface area contributed by atoms with Crippen LogP contribution >= 0.6 is 8.22 Å². The molecule has 0 atom stereocenters. The SMILES string of the molecule is c1cc(P(N2CCOCC2)N2CCOCC2)c[nH]1. The van der Waals surface area contributed by atoms with Crippen LogP contribution in [0.4, 0.5) is 0 Å². The van der Waals surface area contributed by atoms with Crippen LogP contribution in [0.1, 0.15) is 0 Å². The number of aromatic nitrogens is 1. The zero-order valence-electron chi connectivity index (χ0n) is 10.5. The highest BCUT2D eigenvalue weighted by molar-refractivity contribution is 7.61. The topological polar surface area (TPSA) is 40.7 Å². The maximum Gasteiger partial charge on any atom is 0.0743 e. The van der Waals surface area contributed by atoms with Crippen molar-refractivity contribution in [3.8, 4) is 0 Å². The molecule has 1 N–H and O–H groups in total. The van der Waals surface area contributed by atoms with Gasteiger partial charge in [-0.05, 0) is 6.07 Å². The van der Waals surface area contributed by atoms with E-state index in [1.54, 1.807) is 0 Å². The van der Waals surface area contributed by atoms with Crippen LogP contribution in [0.25, 0.3) is 0 Å². The smallest absolute Gasteiger partial charge is 0.0743 e. The Morgan fingerprint density at radius 3 is 1.94 bits per heavy atom. The Kier molecular flexibility index (Phi) is 4.28. The van der Waals surface area contributed by atoms with Crippen LogP contribution in [0.5, 0.6) is 0 Å². The lowest BCUT2D eigenvalue weighted by Crippen LogP contribution is -2.43. The predicted octanol–water partition coefficient (Wildman–Crippen LogP) is 0.616. The van der Waals surface area contributed by atoms with Crippen molar-refractivity contribution in [2.45, 2.75) is 0 Å². The number of morpholine rings is 2. The Morgan fingerprint density at radius 1 is 0.944 bits per heavy atom. The summed E-state index contributed by atoms with van der Waals surface area (Å²) in [5.41, 5.74) is 0. The maximum atomic E-state index is 5.47. The molecule has 18 heavy (non-hydrogen) atoms. The first-order valence-electron chi connectivity index (χ1n) is 6.53. The minimum absolute atomic E-state index is 0.380. The van der Waals surface area contributed by atoms with Gasteiger partial charge < -0.3 is 14.5 Å². The fourth-order valence-corrected chi connectivity index (χ4v) is 4.92. The Balaban J connectivity index is 1.78. The predicted molar refractivity (Wildman–Crippen MR) is 72.1 cm³/mol. The standard InChI is InChI=1S/C12H20N3O2P/c1-2-13-11-12(1)18(14-3-7-16-8-4-14)15-5-9-17-10-6-15/h1-2,11,13H,3-10H2. The molecule has 1 aromatic heterocycles. The lowest BCUT2D eigenvalue weighted by Gasteiger charge is -2.42. The van der Waals surface area contributed by atoms with Gasteiger partial charge in [-0.3, -0.25) is 9.34 Å². The van der Waals surface area contributed by atoms with Crippen LogP contribution in [0.15, 0.2) is 18.5 Å². The molecule has 6 heteroatoms. The van der Waals surface area contributed by atoms with Crippen LogP contribution in [0.3, 0.4) is 0 Å². The normalized spacial score (nSPS) is 23.6. The molecule has 3 heterocycles. The Morgan fingerprint density at radius 2 is 1.50 bits per heavy atom. The second-order valence-corrected chi connectivity index (χ2v) is 6.72. The zero-order chi connectivity index (χ0) is 12.2. The summed E-state index contributed by atoms with van der Waals surface area (Å²) in [7, 11) is -0.380. The van der Waals surface area contributed by atoms with E-state index in [2.05, 4.69) is 26.6 Å². The molecular weight excluding hydrogens is 249 g/mol. The summed E-state index contributed by atoms with van der Waals surface area (Å²) in [6.07, 6.45) is 4.15. The van der Waals surface area contributed by atoms with Gasteiger partial charge in [0.2, 0.25) is 0 Å². The van der Waals surface area contributed by atoms with Gasteiger partial charge in [0.1, 0.15) is 0 Å². The molecule has 0 saturated carbocycles. The van der Waals surface area contributed by atoms with Crippen molar-refractivity contribution in [1.29, 1.82) is 0 Å². The minimum Gasteiger partial charge on any atom is -0.379 e. The van der Waals surface area contributed by atoms with Crippen LogP contribution in [0.2, 0.25) is 0 Å². The number of aromatic amines is 1. The fraction of sp³-hybridized carbons (Fsp3) is 0.667. The molecule has 100 valence electrons. The van der Waals surface area contributed by atoms with E-state index < -0.39 is 0 Å². The average Bonchev–Trinajstić information content (AvgIpc) is 2.95. The third-order valence-electron chi connectivity index (χ3n) is 3.32. The van der Waals surface area contributed by atoms with Crippen molar-refractivity contribution in [2.75, 3.05) is 52.6 Å². The third kappa shape index (κ3) is 2.76. The molecule has 0 spiro atoms. The second-order valence-electron chi connectivity index (χ2n) is 4.49. The molecule has 5 nitrogen and oxygen atoms in total. The van der Waals surface area contributed by atoms with E-state index in [4.69, 9.17) is 9.47 Å². The van der Waals surface area contributed by atoms with Gasteiger partial charge in [0.05, 0.1) is 34.7 Å². The van der Waals surface area contributed by atoms with Crippen LogP contribution < -0.4 is 5.30 Å². The fourth-order valence-electron chi connectivity index (χ4n) is 2.43. The van der Waals surface area contributed by atoms with Crippen molar-refractivity contribution in [3.05, 3.63) is 18.5 Å². The molecular formula is C12H20N3O2P. The molecule has 0 amide bonds. The molecule has 2 saturated heterocycles. The van der Waals surface area contributed by atoms with Gasteiger partial charge in [-0.25, -0.2) is 0 Å². The van der Waals surface area contributed by atoms with E-state index in [0.717, 1.165) is 52.6 Å². The van der Waals surface area contributed by atoms with E-state index in [0.29, 0.717) is 0 Å². The number of nitrogens with zero attached hydrogens (tertiary/aromatic N) is 2. The largest absolute Gasteiger partial charge is 0.379 e. The van der Waals surface area contributed by atoms with Gasteiger partial charge in [-0.15, -0.1) is 0 Å². The maximum absolute atomic E-state index is 5.47. The van der Waals surface area contributed by atoms with Crippen LogP contribution in [-0.2, 0) is 9.47 Å². The highest BCUT2D eigenvalue weighted by atomic mass is 31.1.